The predicted molar refractivity (Wildman–Crippen MR) is 117 cm³/mol. The number of amides is 4. The van der Waals surface area contributed by atoms with Gasteiger partial charge in [-0.15, -0.1) is 0 Å². The first-order valence-corrected chi connectivity index (χ1v) is 11.3. The molecule has 9 nitrogen and oxygen atoms in total. The number of carbonyl (C=O) groups is 4. The molecule has 0 bridgehead atoms. The summed E-state index contributed by atoms with van der Waals surface area (Å²) in [5, 5.41) is 2.71. The van der Waals surface area contributed by atoms with Crippen molar-refractivity contribution in [3.05, 3.63) is 59.5 Å². The maximum atomic E-state index is 13.5. The molecule has 1 aliphatic carbocycles. The van der Waals surface area contributed by atoms with Gasteiger partial charge in [-0.2, -0.15) is 0 Å². The lowest BCUT2D eigenvalue weighted by molar-refractivity contribution is -0.149. The molecule has 1 aromatic heterocycles. The Morgan fingerprint density at radius 2 is 1.58 bits per heavy atom. The predicted octanol–water partition coefficient (Wildman–Crippen LogP) is 0.796. The highest BCUT2D eigenvalue weighted by Gasteiger charge is 2.39. The summed E-state index contributed by atoms with van der Waals surface area (Å²) >= 11 is 0. The van der Waals surface area contributed by atoms with Gasteiger partial charge >= 0.3 is 11.8 Å². The van der Waals surface area contributed by atoms with Gasteiger partial charge in [0.2, 0.25) is 5.91 Å². The molecule has 4 amide bonds. The minimum atomic E-state index is -0.655. The Hall–Kier alpha value is -3.62. The molecule has 1 saturated heterocycles. The van der Waals surface area contributed by atoms with E-state index in [1.807, 2.05) is 24.3 Å². The summed E-state index contributed by atoms with van der Waals surface area (Å²) in [7, 11) is 0. The first kappa shape index (κ1) is 21.2. The lowest BCUT2D eigenvalue weighted by atomic mass is 9.92. The summed E-state index contributed by atoms with van der Waals surface area (Å²) in [6.07, 6.45) is 3.69. The van der Waals surface area contributed by atoms with Crippen LogP contribution in [-0.2, 0) is 27.3 Å². The number of rotatable bonds is 3. The highest BCUT2D eigenvalue weighted by Crippen LogP contribution is 2.27. The third kappa shape index (κ3) is 4.35. The van der Waals surface area contributed by atoms with Crippen LogP contribution in [0, 0.1) is 0 Å². The van der Waals surface area contributed by atoms with Crippen LogP contribution in [0.4, 0.5) is 0 Å². The molecular weight excluding hydrogens is 424 g/mol. The van der Waals surface area contributed by atoms with E-state index < -0.39 is 17.9 Å². The second-order valence-corrected chi connectivity index (χ2v) is 8.76. The molecule has 2 fully saturated rings. The van der Waals surface area contributed by atoms with E-state index in [9.17, 15) is 19.2 Å². The fourth-order valence-corrected chi connectivity index (χ4v) is 4.46. The van der Waals surface area contributed by atoms with Crippen molar-refractivity contribution >= 4 is 23.6 Å². The lowest BCUT2D eigenvalue weighted by Gasteiger charge is -2.41. The molecule has 33 heavy (non-hydrogen) atoms. The minimum Gasteiger partial charge on any atom is -0.459 e. The summed E-state index contributed by atoms with van der Waals surface area (Å²) in [4.78, 5) is 55.9. The van der Waals surface area contributed by atoms with Crippen LogP contribution in [-0.4, -0.2) is 76.6 Å². The van der Waals surface area contributed by atoms with Crippen LogP contribution in [0.2, 0.25) is 0 Å². The maximum Gasteiger partial charge on any atom is 0.312 e. The largest absolute Gasteiger partial charge is 0.459 e. The van der Waals surface area contributed by atoms with Crippen LogP contribution in [0.25, 0.3) is 0 Å². The van der Waals surface area contributed by atoms with Crippen molar-refractivity contribution < 1.29 is 23.6 Å². The molecule has 1 aromatic carbocycles. The van der Waals surface area contributed by atoms with E-state index in [1.54, 1.807) is 21.9 Å². The number of benzene rings is 1. The molecule has 5 rings (SSSR count). The van der Waals surface area contributed by atoms with E-state index in [1.165, 1.54) is 11.2 Å². The first-order valence-electron chi connectivity index (χ1n) is 11.3. The van der Waals surface area contributed by atoms with Gasteiger partial charge in [0.25, 0.3) is 5.91 Å². The standard InChI is InChI=1S/C24H26N4O5/c29-21(25-18-7-8-18)24(32)27-11-9-26(10-12-27)22(30)19-14-16-4-1-2-5-17(16)15-28(19)23(31)20-6-3-13-33-20/h1-6,13,18-19H,7-12,14-15H2,(H,25,29). The number of carbonyl (C=O) groups excluding carboxylic acids is 4. The summed E-state index contributed by atoms with van der Waals surface area (Å²) in [5.41, 5.74) is 2.06. The van der Waals surface area contributed by atoms with Crippen molar-refractivity contribution in [3.63, 3.8) is 0 Å². The van der Waals surface area contributed by atoms with E-state index in [-0.39, 0.29) is 36.7 Å². The van der Waals surface area contributed by atoms with Crippen molar-refractivity contribution in [2.24, 2.45) is 0 Å². The Labute approximate surface area is 191 Å². The van der Waals surface area contributed by atoms with Gasteiger partial charge in [-0.3, -0.25) is 19.2 Å². The molecule has 2 aliphatic heterocycles. The molecule has 2 aromatic rings. The van der Waals surface area contributed by atoms with Gasteiger partial charge < -0.3 is 24.4 Å². The Morgan fingerprint density at radius 1 is 0.879 bits per heavy atom. The lowest BCUT2D eigenvalue weighted by Crippen LogP contribution is -2.59. The van der Waals surface area contributed by atoms with Crippen molar-refractivity contribution in [3.8, 4) is 0 Å². The van der Waals surface area contributed by atoms with E-state index in [2.05, 4.69) is 5.32 Å². The van der Waals surface area contributed by atoms with Gasteiger partial charge in [0.05, 0.1) is 6.26 Å². The van der Waals surface area contributed by atoms with Gasteiger partial charge in [0.1, 0.15) is 6.04 Å². The summed E-state index contributed by atoms with van der Waals surface area (Å²) in [6.45, 7) is 1.55. The Morgan fingerprint density at radius 3 is 2.24 bits per heavy atom. The molecule has 1 atom stereocenters. The van der Waals surface area contributed by atoms with Gasteiger partial charge in [-0.25, -0.2) is 0 Å². The fourth-order valence-electron chi connectivity index (χ4n) is 4.46. The minimum absolute atomic E-state index is 0.121. The van der Waals surface area contributed by atoms with Crippen LogP contribution in [0.5, 0.6) is 0 Å². The Bertz CT molecular complexity index is 1070. The van der Waals surface area contributed by atoms with Crippen LogP contribution in [0.15, 0.2) is 47.1 Å². The molecule has 172 valence electrons. The van der Waals surface area contributed by atoms with Crippen molar-refractivity contribution in [2.45, 2.75) is 37.9 Å². The van der Waals surface area contributed by atoms with Gasteiger partial charge in [-0.1, -0.05) is 24.3 Å². The number of nitrogens with one attached hydrogen (secondary N) is 1. The molecule has 0 spiro atoms. The average molecular weight is 450 g/mol. The van der Waals surface area contributed by atoms with Crippen molar-refractivity contribution in [1.29, 1.82) is 0 Å². The number of fused-ring (bicyclic) bond motifs is 1. The molecule has 1 saturated carbocycles. The summed E-state index contributed by atoms with van der Waals surface area (Å²) in [6, 6.07) is 10.5. The second-order valence-electron chi connectivity index (χ2n) is 8.76. The molecule has 0 radical (unpaired) electrons. The van der Waals surface area contributed by atoms with Crippen LogP contribution >= 0.6 is 0 Å². The topological polar surface area (TPSA) is 103 Å². The second kappa shape index (κ2) is 8.73. The third-order valence-corrected chi connectivity index (χ3v) is 6.51. The number of piperazine rings is 1. The third-order valence-electron chi connectivity index (χ3n) is 6.51. The molecular formula is C24H26N4O5. The number of nitrogens with zero attached hydrogens (tertiary/aromatic N) is 3. The maximum absolute atomic E-state index is 13.5. The molecule has 1 N–H and O–H groups in total. The smallest absolute Gasteiger partial charge is 0.312 e. The molecule has 9 heteroatoms. The number of furan rings is 1. The zero-order valence-electron chi connectivity index (χ0n) is 18.2. The number of hydrogen-bond acceptors (Lipinski definition) is 5. The van der Waals surface area contributed by atoms with E-state index in [0.717, 1.165) is 24.0 Å². The van der Waals surface area contributed by atoms with E-state index >= 15 is 0 Å². The van der Waals surface area contributed by atoms with Gasteiger partial charge in [0.15, 0.2) is 5.76 Å². The normalized spacial score (nSPS) is 20.2. The zero-order valence-corrected chi connectivity index (χ0v) is 18.2. The van der Waals surface area contributed by atoms with E-state index in [0.29, 0.717) is 26.1 Å². The fraction of sp³-hybridized carbons (Fsp3) is 0.417. The summed E-state index contributed by atoms with van der Waals surface area (Å²) < 4.78 is 5.31. The highest BCUT2D eigenvalue weighted by atomic mass is 16.3. The van der Waals surface area contributed by atoms with Gasteiger partial charge in [-0.05, 0) is 36.1 Å². The van der Waals surface area contributed by atoms with Crippen LogP contribution in [0.3, 0.4) is 0 Å². The van der Waals surface area contributed by atoms with E-state index in [4.69, 9.17) is 4.42 Å². The highest BCUT2D eigenvalue weighted by molar-refractivity contribution is 6.35. The zero-order chi connectivity index (χ0) is 22.9. The Balaban J connectivity index is 1.28. The quantitative estimate of drug-likeness (QED) is 0.697. The van der Waals surface area contributed by atoms with Crippen molar-refractivity contribution in [1.82, 2.24) is 20.0 Å². The first-order chi connectivity index (χ1) is 16.0. The SMILES string of the molecule is O=C(NC1CC1)C(=O)N1CCN(C(=O)C2Cc3ccccc3CN2C(=O)c2ccco2)CC1. The molecule has 3 heterocycles. The van der Waals surface area contributed by atoms with Gasteiger partial charge in [0, 0.05) is 45.2 Å². The Kier molecular flexibility index (Phi) is 5.62. The number of hydrogen-bond donors (Lipinski definition) is 1. The summed E-state index contributed by atoms with van der Waals surface area (Å²) in [5.74, 6) is -1.40. The van der Waals surface area contributed by atoms with Crippen molar-refractivity contribution in [2.75, 3.05) is 26.2 Å². The average Bonchev–Trinajstić information content (AvgIpc) is 3.49. The van der Waals surface area contributed by atoms with Crippen LogP contribution in [0.1, 0.15) is 34.5 Å². The molecule has 3 aliphatic rings. The van der Waals surface area contributed by atoms with Crippen LogP contribution < -0.4 is 5.32 Å². The molecule has 1 unspecified atom stereocenters. The monoisotopic (exact) mass is 450 g/mol.